The van der Waals surface area contributed by atoms with E-state index in [1.54, 1.807) is 45.0 Å². The molecule has 0 aliphatic carbocycles. The first-order valence-corrected chi connectivity index (χ1v) is 7.68. The number of hydrogen-bond donors (Lipinski definition) is 2. The summed E-state index contributed by atoms with van der Waals surface area (Å²) in [4.78, 5) is 11.1. The highest BCUT2D eigenvalue weighted by Gasteiger charge is 2.29. The molecule has 19 heavy (non-hydrogen) atoms. The Morgan fingerprint density at radius 3 is 2.21 bits per heavy atom. The zero-order valence-corrected chi connectivity index (χ0v) is 12.1. The van der Waals surface area contributed by atoms with E-state index in [9.17, 15) is 13.2 Å². The number of anilines is 1. The van der Waals surface area contributed by atoms with E-state index in [0.29, 0.717) is 17.7 Å². The molecule has 0 saturated carbocycles. The van der Waals surface area contributed by atoms with Gasteiger partial charge in [-0.2, -0.15) is 0 Å². The number of hydrogen-bond acceptors (Lipinski definition) is 3. The molecule has 0 atom stereocenters. The molecule has 0 aliphatic heterocycles. The predicted octanol–water partition coefficient (Wildman–Crippen LogP) is 2.20. The standard InChI is InChI=1S/C13H19NO4S/c1-4-9-19(17,18)14-11-7-5-10(6-8-11)13(2,3)12(15)16/h5-8,14H,4,9H2,1-3H3,(H,15,16). The molecule has 1 aromatic rings. The van der Waals surface area contributed by atoms with Gasteiger partial charge >= 0.3 is 5.97 Å². The highest BCUT2D eigenvalue weighted by molar-refractivity contribution is 7.92. The number of rotatable bonds is 6. The normalized spacial score (nSPS) is 12.2. The maximum Gasteiger partial charge on any atom is 0.313 e. The van der Waals surface area contributed by atoms with Gasteiger partial charge in [-0.25, -0.2) is 8.42 Å². The van der Waals surface area contributed by atoms with Gasteiger partial charge in [-0.15, -0.1) is 0 Å². The van der Waals surface area contributed by atoms with Gasteiger partial charge in [-0.1, -0.05) is 19.1 Å². The van der Waals surface area contributed by atoms with E-state index < -0.39 is 21.4 Å². The van der Waals surface area contributed by atoms with Crippen LogP contribution in [0.15, 0.2) is 24.3 Å². The molecule has 0 aromatic heterocycles. The monoisotopic (exact) mass is 285 g/mol. The van der Waals surface area contributed by atoms with Gasteiger partial charge in [0.05, 0.1) is 11.2 Å². The summed E-state index contributed by atoms with van der Waals surface area (Å²) in [5.41, 5.74) is 0.0673. The third kappa shape index (κ3) is 3.96. The first-order chi connectivity index (χ1) is 8.69. The molecule has 0 amide bonds. The number of carbonyl (C=O) groups is 1. The molecule has 0 fully saturated rings. The van der Waals surface area contributed by atoms with Gasteiger partial charge < -0.3 is 5.11 Å². The van der Waals surface area contributed by atoms with Gasteiger partial charge in [0.25, 0.3) is 0 Å². The smallest absolute Gasteiger partial charge is 0.313 e. The number of carboxylic acids is 1. The van der Waals surface area contributed by atoms with Crippen molar-refractivity contribution in [2.45, 2.75) is 32.6 Å². The average molecular weight is 285 g/mol. The highest BCUT2D eigenvalue weighted by atomic mass is 32.2. The SMILES string of the molecule is CCCS(=O)(=O)Nc1ccc(C(C)(C)C(=O)O)cc1. The van der Waals surface area contributed by atoms with Crippen molar-refractivity contribution in [3.05, 3.63) is 29.8 Å². The fraction of sp³-hybridized carbons (Fsp3) is 0.462. The molecule has 1 aromatic carbocycles. The topological polar surface area (TPSA) is 83.5 Å². The Bertz CT molecular complexity index is 547. The fourth-order valence-corrected chi connectivity index (χ4v) is 2.71. The second kappa shape index (κ2) is 5.61. The Morgan fingerprint density at radius 2 is 1.79 bits per heavy atom. The molecule has 0 heterocycles. The van der Waals surface area contributed by atoms with Crippen LogP contribution >= 0.6 is 0 Å². The largest absolute Gasteiger partial charge is 0.481 e. The minimum absolute atomic E-state index is 0.0649. The summed E-state index contributed by atoms with van der Waals surface area (Å²) in [6.07, 6.45) is 0.541. The first-order valence-electron chi connectivity index (χ1n) is 6.03. The summed E-state index contributed by atoms with van der Waals surface area (Å²) >= 11 is 0. The summed E-state index contributed by atoms with van der Waals surface area (Å²) in [7, 11) is -3.32. The predicted molar refractivity (Wildman–Crippen MR) is 74.8 cm³/mol. The van der Waals surface area contributed by atoms with E-state index in [-0.39, 0.29) is 5.75 Å². The van der Waals surface area contributed by atoms with Gasteiger partial charge in [0.2, 0.25) is 10.0 Å². The van der Waals surface area contributed by atoms with Crippen molar-refractivity contribution in [2.75, 3.05) is 10.5 Å². The van der Waals surface area contributed by atoms with Gasteiger partial charge in [-0.05, 0) is 38.0 Å². The van der Waals surface area contributed by atoms with Crippen molar-refractivity contribution < 1.29 is 18.3 Å². The molecule has 0 radical (unpaired) electrons. The van der Waals surface area contributed by atoms with Crippen LogP contribution in [0.5, 0.6) is 0 Å². The van der Waals surface area contributed by atoms with E-state index in [1.165, 1.54) is 0 Å². The molecule has 6 heteroatoms. The number of benzene rings is 1. The van der Waals surface area contributed by atoms with E-state index in [2.05, 4.69) is 4.72 Å². The zero-order chi connectivity index (χ0) is 14.7. The van der Waals surface area contributed by atoms with Crippen LogP contribution in [0.25, 0.3) is 0 Å². The summed E-state index contributed by atoms with van der Waals surface area (Å²) in [6.45, 7) is 4.99. The van der Waals surface area contributed by atoms with Gasteiger partial charge in [0.1, 0.15) is 0 Å². The molecule has 5 nitrogen and oxygen atoms in total. The second-order valence-electron chi connectivity index (χ2n) is 4.93. The first kappa shape index (κ1) is 15.5. The summed E-state index contributed by atoms with van der Waals surface area (Å²) in [5, 5.41) is 9.11. The van der Waals surface area contributed by atoms with Crippen molar-refractivity contribution in [1.82, 2.24) is 0 Å². The fourth-order valence-electron chi connectivity index (χ4n) is 1.58. The van der Waals surface area contributed by atoms with Crippen LogP contribution < -0.4 is 4.72 Å². The van der Waals surface area contributed by atoms with Gasteiger partial charge in [0, 0.05) is 5.69 Å². The summed E-state index contributed by atoms with van der Waals surface area (Å²) < 4.78 is 25.6. The third-order valence-corrected chi connectivity index (χ3v) is 4.38. The van der Waals surface area contributed by atoms with Crippen LogP contribution in [0.4, 0.5) is 5.69 Å². The summed E-state index contributed by atoms with van der Waals surface area (Å²) in [5.74, 6) is -0.859. The van der Waals surface area contributed by atoms with Crippen molar-refractivity contribution in [2.24, 2.45) is 0 Å². The van der Waals surface area contributed by atoms with Crippen molar-refractivity contribution in [3.63, 3.8) is 0 Å². The minimum Gasteiger partial charge on any atom is -0.481 e. The molecule has 0 bridgehead atoms. The molecular weight excluding hydrogens is 266 g/mol. The molecule has 0 saturated heterocycles. The van der Waals surface area contributed by atoms with E-state index in [1.807, 2.05) is 0 Å². The van der Waals surface area contributed by atoms with Crippen LogP contribution in [0.2, 0.25) is 0 Å². The van der Waals surface area contributed by atoms with Gasteiger partial charge in [-0.3, -0.25) is 9.52 Å². The second-order valence-corrected chi connectivity index (χ2v) is 6.77. The maximum absolute atomic E-state index is 11.6. The van der Waals surface area contributed by atoms with E-state index in [4.69, 9.17) is 5.11 Å². The van der Waals surface area contributed by atoms with Crippen LogP contribution in [0.1, 0.15) is 32.8 Å². The van der Waals surface area contributed by atoms with Crippen LogP contribution in [-0.4, -0.2) is 25.2 Å². The van der Waals surface area contributed by atoms with E-state index >= 15 is 0 Å². The molecule has 1 rings (SSSR count). The third-order valence-electron chi connectivity index (χ3n) is 2.89. The van der Waals surface area contributed by atoms with Crippen LogP contribution in [-0.2, 0) is 20.2 Å². The lowest BCUT2D eigenvalue weighted by molar-refractivity contribution is -0.142. The van der Waals surface area contributed by atoms with Crippen LogP contribution in [0, 0.1) is 0 Å². The quantitative estimate of drug-likeness (QED) is 0.839. The lowest BCUT2D eigenvalue weighted by Crippen LogP contribution is -2.28. The maximum atomic E-state index is 11.6. The number of sulfonamides is 1. The Labute approximate surface area is 113 Å². The van der Waals surface area contributed by atoms with Crippen LogP contribution in [0.3, 0.4) is 0 Å². The number of aliphatic carboxylic acids is 1. The number of nitrogens with one attached hydrogen (secondary N) is 1. The van der Waals surface area contributed by atoms with E-state index in [0.717, 1.165) is 0 Å². The Morgan fingerprint density at radius 1 is 1.26 bits per heavy atom. The Kier molecular flexibility index (Phi) is 4.57. The van der Waals surface area contributed by atoms with Gasteiger partial charge in [0.15, 0.2) is 0 Å². The average Bonchev–Trinajstić information content (AvgIpc) is 2.28. The zero-order valence-electron chi connectivity index (χ0n) is 11.3. The minimum atomic E-state index is -3.32. The summed E-state index contributed by atoms with van der Waals surface area (Å²) in [6, 6.07) is 6.40. The molecular formula is C13H19NO4S. The Hall–Kier alpha value is -1.56. The number of carboxylic acid groups (broad SMARTS) is 1. The highest BCUT2D eigenvalue weighted by Crippen LogP contribution is 2.25. The Balaban J connectivity index is 2.92. The van der Waals surface area contributed by atoms with Crippen molar-refractivity contribution >= 4 is 21.7 Å². The molecule has 106 valence electrons. The van der Waals surface area contributed by atoms with Crippen molar-refractivity contribution in [1.29, 1.82) is 0 Å². The lowest BCUT2D eigenvalue weighted by Gasteiger charge is -2.20. The molecule has 0 spiro atoms. The molecule has 0 aliphatic rings. The molecule has 2 N–H and O–H groups in total. The van der Waals surface area contributed by atoms with Crippen molar-refractivity contribution in [3.8, 4) is 0 Å². The molecule has 0 unspecified atom stereocenters. The lowest BCUT2D eigenvalue weighted by atomic mass is 9.85.